The Kier molecular flexibility index (Phi) is 7.84. The topological polar surface area (TPSA) is 171 Å². The fourth-order valence-corrected chi connectivity index (χ4v) is 7.45. The van der Waals surface area contributed by atoms with Gasteiger partial charge in [-0.3, -0.25) is 0 Å². The second kappa shape index (κ2) is 11.1. The van der Waals surface area contributed by atoms with Crippen molar-refractivity contribution in [3.8, 4) is 11.1 Å². The molecule has 0 saturated carbocycles. The zero-order valence-corrected chi connectivity index (χ0v) is 23.4. The summed E-state index contributed by atoms with van der Waals surface area (Å²) >= 11 is 1.01. The van der Waals surface area contributed by atoms with Gasteiger partial charge in [-0.15, -0.1) is 21.5 Å². The molecule has 0 saturated heterocycles. The van der Waals surface area contributed by atoms with Crippen LogP contribution in [0.1, 0.15) is 33.2 Å². The minimum absolute atomic E-state index is 0.0145. The Labute approximate surface area is 239 Å². The van der Waals surface area contributed by atoms with Crippen LogP contribution in [0.4, 0.5) is 17.6 Å². The number of pyridine rings is 1. The Morgan fingerprint density at radius 3 is 2.29 bits per heavy atom. The van der Waals surface area contributed by atoms with E-state index < -0.39 is 55.3 Å². The molecule has 5 aromatic rings. The third-order valence-electron chi connectivity index (χ3n) is 5.85. The number of benzene rings is 2. The second-order valence-electron chi connectivity index (χ2n) is 8.87. The van der Waals surface area contributed by atoms with Crippen molar-refractivity contribution in [3.63, 3.8) is 0 Å². The summed E-state index contributed by atoms with van der Waals surface area (Å²) in [6.45, 7) is -0.488. The van der Waals surface area contributed by atoms with E-state index in [1.165, 1.54) is 18.3 Å². The molecular formula is C24H18F4N6O5S3. The monoisotopic (exact) mass is 642 g/mol. The van der Waals surface area contributed by atoms with E-state index in [4.69, 9.17) is 9.56 Å². The first-order chi connectivity index (χ1) is 19.7. The first kappa shape index (κ1) is 29.6. The number of thiazole rings is 1. The van der Waals surface area contributed by atoms with Crippen molar-refractivity contribution < 1.29 is 38.8 Å². The number of aromatic nitrogens is 4. The standard InChI is InChI=1S/C24H18F4N6O5S3/c25-19-8-4-15(10-30-19)14-3-7-17-18(9-14)40-23(32-17)22(13-1-5-16(6-2-13)24(26,27)28)41(35,36)12-21-34-33-20(39-21)11-31-42(29,37)38/h1-10,22,31H,11-12H2,(H2,29,37,38). The van der Waals surface area contributed by atoms with Gasteiger partial charge in [-0.25, -0.2) is 23.5 Å². The van der Waals surface area contributed by atoms with Gasteiger partial charge in [0.25, 0.3) is 10.2 Å². The van der Waals surface area contributed by atoms with Crippen LogP contribution in [0.25, 0.3) is 21.3 Å². The van der Waals surface area contributed by atoms with Crippen LogP contribution in [0, 0.1) is 5.95 Å². The zero-order valence-electron chi connectivity index (χ0n) is 20.9. The summed E-state index contributed by atoms with van der Waals surface area (Å²) in [6, 6.07) is 11.4. The molecule has 0 fully saturated rings. The van der Waals surface area contributed by atoms with Gasteiger partial charge in [0.2, 0.25) is 17.7 Å². The van der Waals surface area contributed by atoms with Crippen molar-refractivity contribution in [2.24, 2.45) is 5.14 Å². The Morgan fingerprint density at radius 2 is 1.64 bits per heavy atom. The number of fused-ring (bicyclic) bond motifs is 1. The van der Waals surface area contributed by atoms with Crippen molar-refractivity contribution in [3.05, 3.63) is 94.7 Å². The summed E-state index contributed by atoms with van der Waals surface area (Å²) in [7, 11) is -8.41. The lowest BCUT2D eigenvalue weighted by atomic mass is 10.1. The number of hydrogen-bond donors (Lipinski definition) is 2. The molecule has 18 heteroatoms. The molecule has 5 rings (SSSR count). The lowest BCUT2D eigenvalue weighted by molar-refractivity contribution is -0.137. The highest BCUT2D eigenvalue weighted by molar-refractivity contribution is 7.91. The van der Waals surface area contributed by atoms with E-state index in [2.05, 4.69) is 20.2 Å². The number of rotatable bonds is 9. The van der Waals surface area contributed by atoms with Crippen LogP contribution in [0.2, 0.25) is 0 Å². The second-order valence-corrected chi connectivity index (χ2v) is 13.4. The molecule has 3 N–H and O–H groups in total. The Bertz CT molecular complexity index is 1960. The maximum absolute atomic E-state index is 13.7. The number of alkyl halides is 3. The third-order valence-corrected chi connectivity index (χ3v) is 9.49. The van der Waals surface area contributed by atoms with Gasteiger partial charge in [-0.2, -0.15) is 30.7 Å². The molecule has 42 heavy (non-hydrogen) atoms. The average Bonchev–Trinajstić information content (AvgIpc) is 3.53. The molecule has 0 aliphatic carbocycles. The van der Waals surface area contributed by atoms with E-state index in [1.807, 2.05) is 4.72 Å². The van der Waals surface area contributed by atoms with Gasteiger partial charge in [0.15, 0.2) is 9.84 Å². The van der Waals surface area contributed by atoms with Gasteiger partial charge in [0.1, 0.15) is 16.0 Å². The summed E-state index contributed by atoms with van der Waals surface area (Å²) in [4.78, 5) is 8.10. The van der Waals surface area contributed by atoms with Gasteiger partial charge in [-0.05, 0) is 47.5 Å². The van der Waals surface area contributed by atoms with Crippen molar-refractivity contribution >= 4 is 41.6 Å². The SMILES string of the molecule is NS(=O)(=O)NCc1nnc(CS(=O)(=O)C(c2ccc(C(F)(F)F)cc2)c2nc3ccc(-c4ccc(F)nc4)cc3s2)o1. The average molecular weight is 643 g/mol. The summed E-state index contributed by atoms with van der Waals surface area (Å²) < 4.78 is 110. The lowest BCUT2D eigenvalue weighted by Crippen LogP contribution is -2.30. The number of sulfone groups is 1. The maximum Gasteiger partial charge on any atom is 0.416 e. The highest BCUT2D eigenvalue weighted by atomic mass is 32.2. The first-order valence-corrected chi connectivity index (χ1v) is 15.8. The molecular weight excluding hydrogens is 624 g/mol. The molecule has 2 aromatic carbocycles. The van der Waals surface area contributed by atoms with E-state index in [0.717, 1.165) is 35.6 Å². The number of halogens is 4. The van der Waals surface area contributed by atoms with Gasteiger partial charge in [-0.1, -0.05) is 18.2 Å². The molecule has 3 aromatic heterocycles. The molecule has 220 valence electrons. The highest BCUT2D eigenvalue weighted by Gasteiger charge is 2.36. The number of nitrogens with two attached hydrogens (primary N) is 1. The third kappa shape index (κ3) is 6.79. The largest absolute Gasteiger partial charge is 0.423 e. The van der Waals surface area contributed by atoms with Crippen molar-refractivity contribution in [2.45, 2.75) is 23.7 Å². The summed E-state index contributed by atoms with van der Waals surface area (Å²) in [5.41, 5.74) is 0.735. The minimum atomic E-state index is -4.64. The molecule has 3 heterocycles. The van der Waals surface area contributed by atoms with E-state index in [0.29, 0.717) is 21.3 Å². The van der Waals surface area contributed by atoms with E-state index in [9.17, 15) is 34.4 Å². The normalized spacial score (nSPS) is 13.5. The van der Waals surface area contributed by atoms with E-state index in [-0.39, 0.29) is 22.4 Å². The first-order valence-electron chi connectivity index (χ1n) is 11.7. The highest BCUT2D eigenvalue weighted by Crippen LogP contribution is 2.39. The number of hydrogen-bond acceptors (Lipinski definition) is 10. The van der Waals surface area contributed by atoms with Crippen LogP contribution in [0.5, 0.6) is 0 Å². The van der Waals surface area contributed by atoms with Crippen LogP contribution in [-0.2, 0) is 38.5 Å². The van der Waals surface area contributed by atoms with Crippen LogP contribution in [-0.4, -0.2) is 37.0 Å². The van der Waals surface area contributed by atoms with Crippen LogP contribution in [0.3, 0.4) is 0 Å². The van der Waals surface area contributed by atoms with Crippen LogP contribution >= 0.6 is 11.3 Å². The number of nitrogens with one attached hydrogen (secondary N) is 1. The molecule has 0 spiro atoms. The molecule has 11 nitrogen and oxygen atoms in total. The number of nitrogens with zero attached hydrogens (tertiary/aromatic N) is 4. The predicted molar refractivity (Wildman–Crippen MR) is 143 cm³/mol. The van der Waals surface area contributed by atoms with Gasteiger partial charge in [0.05, 0.1) is 22.3 Å². The molecule has 0 aliphatic rings. The van der Waals surface area contributed by atoms with Crippen molar-refractivity contribution in [2.75, 3.05) is 0 Å². The smallest absolute Gasteiger partial charge is 0.416 e. The minimum Gasteiger partial charge on any atom is -0.423 e. The molecule has 1 unspecified atom stereocenters. The molecule has 0 radical (unpaired) electrons. The summed E-state index contributed by atoms with van der Waals surface area (Å²) in [6.07, 6.45) is -3.30. The fourth-order valence-electron chi connectivity index (χ4n) is 3.97. The van der Waals surface area contributed by atoms with E-state index in [1.54, 1.807) is 18.2 Å². The Balaban J connectivity index is 1.53. The van der Waals surface area contributed by atoms with Crippen LogP contribution < -0.4 is 9.86 Å². The molecule has 0 amide bonds. The summed E-state index contributed by atoms with van der Waals surface area (Å²) in [5.74, 6) is -2.13. The molecule has 0 aliphatic heterocycles. The lowest BCUT2D eigenvalue weighted by Gasteiger charge is -2.16. The quantitative estimate of drug-likeness (QED) is 0.179. The Morgan fingerprint density at radius 1 is 0.952 bits per heavy atom. The van der Waals surface area contributed by atoms with E-state index >= 15 is 0 Å². The Hall–Kier alpha value is -3.84. The van der Waals surface area contributed by atoms with Gasteiger partial charge in [0, 0.05) is 11.8 Å². The summed E-state index contributed by atoms with van der Waals surface area (Å²) in [5, 5.41) is 10.6. The van der Waals surface area contributed by atoms with Gasteiger partial charge < -0.3 is 4.42 Å². The van der Waals surface area contributed by atoms with Crippen molar-refractivity contribution in [1.82, 2.24) is 24.9 Å². The molecule has 0 bridgehead atoms. The van der Waals surface area contributed by atoms with Crippen LogP contribution in [0.15, 0.2) is 65.2 Å². The fraction of sp³-hybridized carbons (Fsp3) is 0.167. The predicted octanol–water partition coefficient (Wildman–Crippen LogP) is 3.90. The van der Waals surface area contributed by atoms with Crippen molar-refractivity contribution in [1.29, 1.82) is 0 Å². The van der Waals surface area contributed by atoms with Gasteiger partial charge >= 0.3 is 6.18 Å². The molecule has 1 atom stereocenters. The maximum atomic E-state index is 13.7. The zero-order chi connectivity index (χ0) is 30.3.